The molecule has 138 valence electrons. The van der Waals surface area contributed by atoms with E-state index < -0.39 is 4.92 Å². The number of rotatable bonds is 7. The number of hydrogen-bond acceptors (Lipinski definition) is 4. The van der Waals surface area contributed by atoms with Crippen LogP contribution in [-0.2, 0) is 11.3 Å². The molecule has 7 nitrogen and oxygen atoms in total. The summed E-state index contributed by atoms with van der Waals surface area (Å²) in [5.41, 5.74) is 1.22. The molecule has 8 heteroatoms. The van der Waals surface area contributed by atoms with Crippen molar-refractivity contribution in [3.63, 3.8) is 0 Å². The Morgan fingerprint density at radius 1 is 1.31 bits per heavy atom. The van der Waals surface area contributed by atoms with Gasteiger partial charge in [-0.15, -0.1) is 0 Å². The zero-order valence-corrected chi connectivity index (χ0v) is 15.5. The van der Waals surface area contributed by atoms with Crippen molar-refractivity contribution in [1.82, 2.24) is 0 Å². The number of nitro groups is 1. The third kappa shape index (κ3) is 4.93. The maximum absolute atomic E-state index is 12.6. The summed E-state index contributed by atoms with van der Waals surface area (Å²) in [5, 5.41) is 14.3. The van der Waals surface area contributed by atoms with E-state index in [1.165, 1.54) is 25.3 Å². The van der Waals surface area contributed by atoms with Gasteiger partial charge < -0.3 is 15.0 Å². The van der Waals surface area contributed by atoms with E-state index in [-0.39, 0.29) is 23.3 Å². The van der Waals surface area contributed by atoms with E-state index in [9.17, 15) is 14.9 Å². The van der Waals surface area contributed by atoms with Crippen LogP contribution in [0.1, 0.15) is 12.5 Å². The van der Waals surface area contributed by atoms with Crippen molar-refractivity contribution in [3.05, 3.63) is 63.2 Å². The predicted molar refractivity (Wildman–Crippen MR) is 99.8 cm³/mol. The number of nitrogens with zero attached hydrogens (tertiary/aromatic N) is 1. The van der Waals surface area contributed by atoms with Crippen LogP contribution in [0.4, 0.5) is 11.4 Å². The Hall–Kier alpha value is -2.64. The molecule has 0 aliphatic rings. The molecule has 0 saturated heterocycles. The lowest BCUT2D eigenvalue weighted by Crippen LogP contribution is -3.12. The average molecular weight is 379 g/mol. The van der Waals surface area contributed by atoms with Crippen molar-refractivity contribution >= 4 is 28.9 Å². The number of quaternary nitrogens is 1. The maximum Gasteiger partial charge on any atom is 0.282 e. The second-order valence-electron chi connectivity index (χ2n) is 6.00. The molecule has 2 atom stereocenters. The van der Waals surface area contributed by atoms with Gasteiger partial charge >= 0.3 is 0 Å². The van der Waals surface area contributed by atoms with Crippen molar-refractivity contribution in [2.24, 2.45) is 0 Å². The lowest BCUT2D eigenvalue weighted by atomic mass is 10.2. The molecule has 2 rings (SSSR count). The number of anilines is 1. The first-order valence-electron chi connectivity index (χ1n) is 8.02. The van der Waals surface area contributed by atoms with Crippen molar-refractivity contribution in [3.8, 4) is 5.75 Å². The van der Waals surface area contributed by atoms with E-state index in [2.05, 4.69) is 5.32 Å². The molecule has 0 spiro atoms. The molecule has 0 fully saturated rings. The number of hydrogen-bond donors (Lipinski definition) is 2. The molecule has 0 aliphatic carbocycles. The molecule has 2 aromatic carbocycles. The normalized spacial score (nSPS) is 12.9. The van der Waals surface area contributed by atoms with Gasteiger partial charge in [-0.25, -0.2) is 0 Å². The molecule has 26 heavy (non-hydrogen) atoms. The van der Waals surface area contributed by atoms with Crippen molar-refractivity contribution in [2.45, 2.75) is 19.5 Å². The molecule has 2 N–H and O–H groups in total. The molecule has 0 bridgehead atoms. The van der Waals surface area contributed by atoms with E-state index in [0.29, 0.717) is 17.3 Å². The molecule has 0 aromatic heterocycles. The molecule has 0 aliphatic heterocycles. The van der Waals surface area contributed by atoms with E-state index in [0.717, 1.165) is 10.5 Å². The third-order valence-electron chi connectivity index (χ3n) is 4.18. The van der Waals surface area contributed by atoms with Gasteiger partial charge in [0.05, 0.1) is 24.8 Å². The summed E-state index contributed by atoms with van der Waals surface area (Å²) in [6, 6.07) is 11.2. The zero-order valence-electron chi connectivity index (χ0n) is 14.8. The highest BCUT2D eigenvalue weighted by Crippen LogP contribution is 2.28. The van der Waals surface area contributed by atoms with Crippen LogP contribution in [0.25, 0.3) is 0 Å². The van der Waals surface area contributed by atoms with Crippen LogP contribution in [-0.4, -0.2) is 31.0 Å². The van der Waals surface area contributed by atoms with E-state index >= 15 is 0 Å². The number of nitro benzene ring substituents is 1. The topological polar surface area (TPSA) is 85.9 Å². The SMILES string of the molecule is COc1ccc([N+](=O)[O-])cc1NC(=O)[C@H](C)[NH+](C)Cc1ccc(Cl)cc1. The summed E-state index contributed by atoms with van der Waals surface area (Å²) in [5.74, 6) is 0.113. The van der Waals surface area contributed by atoms with Gasteiger partial charge in [0.2, 0.25) is 0 Å². The van der Waals surface area contributed by atoms with Gasteiger partial charge in [-0.3, -0.25) is 14.9 Å². The number of non-ortho nitro benzene ring substituents is 1. The van der Waals surface area contributed by atoms with Crippen LogP contribution in [0.5, 0.6) is 5.75 Å². The Balaban J connectivity index is 2.09. The van der Waals surface area contributed by atoms with Gasteiger partial charge in [0.25, 0.3) is 11.6 Å². The fraction of sp³-hybridized carbons (Fsp3) is 0.278. The third-order valence-corrected chi connectivity index (χ3v) is 4.43. The first-order chi connectivity index (χ1) is 12.3. The zero-order chi connectivity index (χ0) is 19.3. The highest BCUT2D eigenvalue weighted by atomic mass is 35.5. The van der Waals surface area contributed by atoms with Crippen LogP contribution in [0.3, 0.4) is 0 Å². The van der Waals surface area contributed by atoms with Crippen LogP contribution in [0, 0.1) is 10.1 Å². The van der Waals surface area contributed by atoms with Gasteiger partial charge in [-0.05, 0) is 25.1 Å². The van der Waals surface area contributed by atoms with Gasteiger partial charge in [0.15, 0.2) is 6.04 Å². The van der Waals surface area contributed by atoms with Crippen molar-refractivity contribution in [2.75, 3.05) is 19.5 Å². The number of likely N-dealkylation sites (N-methyl/N-ethyl adjacent to an activating group) is 1. The number of ether oxygens (including phenoxy) is 1. The minimum atomic E-state index is -0.517. The van der Waals surface area contributed by atoms with Crippen LogP contribution >= 0.6 is 11.6 Å². The first-order valence-corrected chi connectivity index (χ1v) is 8.39. The summed E-state index contributed by atoms with van der Waals surface area (Å²) >= 11 is 5.88. The van der Waals surface area contributed by atoms with Crippen LogP contribution in [0.15, 0.2) is 42.5 Å². The largest absolute Gasteiger partial charge is 0.495 e. The van der Waals surface area contributed by atoms with Crippen molar-refractivity contribution < 1.29 is 19.4 Å². The minimum absolute atomic E-state index is 0.115. The van der Waals surface area contributed by atoms with Gasteiger partial charge in [0, 0.05) is 22.7 Å². The van der Waals surface area contributed by atoms with Gasteiger partial charge in [0.1, 0.15) is 12.3 Å². The van der Waals surface area contributed by atoms with Crippen LogP contribution < -0.4 is 15.0 Å². The Kier molecular flexibility index (Phi) is 6.54. The highest BCUT2D eigenvalue weighted by Gasteiger charge is 2.24. The Morgan fingerprint density at radius 3 is 2.54 bits per heavy atom. The number of carbonyl (C=O) groups is 1. The monoisotopic (exact) mass is 378 g/mol. The number of halogens is 1. The molecular weight excluding hydrogens is 358 g/mol. The highest BCUT2D eigenvalue weighted by molar-refractivity contribution is 6.30. The molecule has 1 amide bonds. The number of amides is 1. The lowest BCUT2D eigenvalue weighted by molar-refractivity contribution is -0.907. The predicted octanol–water partition coefficient (Wildman–Crippen LogP) is 2.30. The minimum Gasteiger partial charge on any atom is -0.495 e. The van der Waals surface area contributed by atoms with E-state index in [4.69, 9.17) is 16.3 Å². The number of carbonyl (C=O) groups excluding carboxylic acids is 1. The molecule has 2 aromatic rings. The summed E-state index contributed by atoms with van der Waals surface area (Å²) < 4.78 is 5.17. The molecule has 0 heterocycles. The Morgan fingerprint density at radius 2 is 1.96 bits per heavy atom. The van der Waals surface area contributed by atoms with E-state index in [1.54, 1.807) is 6.92 Å². The standard InChI is InChI=1S/C18H20ClN3O4/c1-12(21(2)11-13-4-6-14(19)7-5-13)18(23)20-16-10-15(22(24)25)8-9-17(16)26-3/h4-10,12H,11H2,1-3H3,(H,20,23)/p+1/t12-/m0/s1. The summed E-state index contributed by atoms with van der Waals surface area (Å²) in [6.07, 6.45) is 0. The molecule has 1 unspecified atom stereocenters. The van der Waals surface area contributed by atoms with Crippen LogP contribution in [0.2, 0.25) is 5.02 Å². The Labute approximate surface area is 156 Å². The number of methoxy groups -OCH3 is 1. The maximum atomic E-state index is 12.6. The fourth-order valence-corrected chi connectivity index (χ4v) is 2.58. The van der Waals surface area contributed by atoms with Gasteiger partial charge in [-0.1, -0.05) is 23.7 Å². The first kappa shape index (κ1) is 19.7. The van der Waals surface area contributed by atoms with Gasteiger partial charge in [-0.2, -0.15) is 0 Å². The molecule has 0 radical (unpaired) electrons. The smallest absolute Gasteiger partial charge is 0.282 e. The fourth-order valence-electron chi connectivity index (χ4n) is 2.45. The lowest BCUT2D eigenvalue weighted by Gasteiger charge is -2.21. The summed E-state index contributed by atoms with van der Waals surface area (Å²) in [6.45, 7) is 2.43. The average Bonchev–Trinajstić information content (AvgIpc) is 2.62. The second kappa shape index (κ2) is 8.64. The molecule has 0 saturated carbocycles. The second-order valence-corrected chi connectivity index (χ2v) is 6.44. The van der Waals surface area contributed by atoms with E-state index in [1.807, 2.05) is 31.3 Å². The number of nitrogens with one attached hydrogen (secondary N) is 2. The quantitative estimate of drug-likeness (QED) is 0.571. The van der Waals surface area contributed by atoms with Crippen molar-refractivity contribution in [1.29, 1.82) is 0 Å². The number of benzene rings is 2. The summed E-state index contributed by atoms with van der Waals surface area (Å²) in [7, 11) is 3.35. The Bertz CT molecular complexity index is 796. The summed E-state index contributed by atoms with van der Waals surface area (Å²) in [4.78, 5) is 24.0. The molecular formula is C18H21ClN3O4+.